The van der Waals surface area contributed by atoms with E-state index in [2.05, 4.69) is 23.9 Å². The summed E-state index contributed by atoms with van der Waals surface area (Å²) in [5.41, 5.74) is 0.796. The van der Waals surface area contributed by atoms with Crippen molar-refractivity contribution in [2.75, 3.05) is 18.9 Å². The Labute approximate surface area is 121 Å². The van der Waals surface area contributed by atoms with Crippen LogP contribution < -0.4 is 10.0 Å². The number of nitrogens with one attached hydrogen (secondary N) is 2. The van der Waals surface area contributed by atoms with Crippen molar-refractivity contribution >= 4 is 15.7 Å². The minimum atomic E-state index is -3.39. The van der Waals surface area contributed by atoms with E-state index in [1.54, 1.807) is 12.1 Å². The molecule has 0 aliphatic carbocycles. The van der Waals surface area contributed by atoms with E-state index in [4.69, 9.17) is 0 Å². The van der Waals surface area contributed by atoms with E-state index in [-0.39, 0.29) is 10.8 Å². The number of aliphatic hydroxyl groups excluding tert-OH is 1. The summed E-state index contributed by atoms with van der Waals surface area (Å²) in [6.07, 6.45) is 1.49. The van der Waals surface area contributed by atoms with Crippen molar-refractivity contribution in [1.29, 1.82) is 0 Å². The number of hydrogen-bond acceptors (Lipinski definition) is 4. The van der Waals surface area contributed by atoms with Gasteiger partial charge in [-0.3, -0.25) is 0 Å². The van der Waals surface area contributed by atoms with Gasteiger partial charge in [0.2, 0.25) is 10.0 Å². The Morgan fingerprint density at radius 1 is 1.15 bits per heavy atom. The van der Waals surface area contributed by atoms with Gasteiger partial charge in [0, 0.05) is 12.2 Å². The van der Waals surface area contributed by atoms with Crippen LogP contribution in [-0.2, 0) is 10.0 Å². The lowest BCUT2D eigenvalue weighted by molar-refractivity contribution is 0.114. The van der Waals surface area contributed by atoms with E-state index >= 15 is 0 Å². The van der Waals surface area contributed by atoms with Crippen LogP contribution in [0, 0.1) is 5.92 Å². The lowest BCUT2D eigenvalue weighted by atomic mass is 9.96. The molecule has 1 atom stereocenters. The number of sulfonamides is 1. The van der Waals surface area contributed by atoms with Gasteiger partial charge in [-0.15, -0.1) is 0 Å². The number of aliphatic hydroxyl groups is 1. The van der Waals surface area contributed by atoms with Crippen molar-refractivity contribution in [3.8, 4) is 0 Å². The smallest absolute Gasteiger partial charge is 0.240 e. The van der Waals surface area contributed by atoms with Crippen LogP contribution in [0.2, 0.25) is 0 Å². The van der Waals surface area contributed by atoms with E-state index in [1.165, 1.54) is 19.2 Å². The fourth-order valence-electron chi connectivity index (χ4n) is 2.09. The lowest BCUT2D eigenvalue weighted by Gasteiger charge is -2.20. The molecule has 1 aromatic rings. The molecule has 1 rings (SSSR count). The maximum absolute atomic E-state index is 11.6. The van der Waals surface area contributed by atoms with Gasteiger partial charge in [-0.25, -0.2) is 13.1 Å². The quantitative estimate of drug-likeness (QED) is 0.684. The first-order valence-corrected chi connectivity index (χ1v) is 8.38. The molecule has 0 radical (unpaired) electrons. The molecule has 0 amide bonds. The second kappa shape index (κ2) is 7.61. The molecule has 20 heavy (non-hydrogen) atoms. The molecule has 1 unspecified atom stereocenters. The first-order chi connectivity index (χ1) is 9.44. The number of benzene rings is 1. The summed E-state index contributed by atoms with van der Waals surface area (Å²) in [7, 11) is -2.01. The topological polar surface area (TPSA) is 78.4 Å². The van der Waals surface area contributed by atoms with Crippen LogP contribution in [0.15, 0.2) is 29.2 Å². The zero-order valence-electron chi connectivity index (χ0n) is 12.3. The van der Waals surface area contributed by atoms with Gasteiger partial charge in [-0.2, -0.15) is 0 Å². The molecule has 0 aromatic heterocycles. The first kappa shape index (κ1) is 16.9. The van der Waals surface area contributed by atoms with E-state index in [1.807, 2.05) is 0 Å². The molecule has 0 fully saturated rings. The minimum Gasteiger partial charge on any atom is -0.391 e. The molecule has 3 N–H and O–H groups in total. The Bertz CT molecular complexity index is 496. The normalized spacial score (nSPS) is 13.4. The third-order valence-corrected chi connectivity index (χ3v) is 4.97. The Morgan fingerprint density at radius 3 is 2.15 bits per heavy atom. The molecule has 0 aliphatic heterocycles. The zero-order valence-corrected chi connectivity index (χ0v) is 13.1. The molecule has 114 valence electrons. The van der Waals surface area contributed by atoms with Crippen LogP contribution in [0.25, 0.3) is 0 Å². The highest BCUT2D eigenvalue weighted by molar-refractivity contribution is 7.89. The van der Waals surface area contributed by atoms with Crippen LogP contribution in [0.5, 0.6) is 0 Å². The fourth-order valence-corrected chi connectivity index (χ4v) is 2.82. The standard InChI is InChI=1S/C14H24N2O3S/c1-4-11(5-2)14(17)10-16-12-6-8-13(9-7-12)20(18,19)15-3/h6-9,11,14-17H,4-5,10H2,1-3H3. The van der Waals surface area contributed by atoms with Gasteiger partial charge < -0.3 is 10.4 Å². The van der Waals surface area contributed by atoms with Gasteiger partial charge >= 0.3 is 0 Å². The highest BCUT2D eigenvalue weighted by Crippen LogP contribution is 2.16. The Balaban J connectivity index is 2.63. The van der Waals surface area contributed by atoms with Crippen LogP contribution in [0.4, 0.5) is 5.69 Å². The van der Waals surface area contributed by atoms with E-state index < -0.39 is 16.1 Å². The van der Waals surface area contributed by atoms with E-state index in [0.717, 1.165) is 18.5 Å². The number of rotatable bonds is 8. The van der Waals surface area contributed by atoms with Crippen LogP contribution >= 0.6 is 0 Å². The minimum absolute atomic E-state index is 0.228. The lowest BCUT2D eigenvalue weighted by Crippen LogP contribution is -2.27. The molecule has 5 nitrogen and oxygen atoms in total. The van der Waals surface area contributed by atoms with Crippen LogP contribution in [0.1, 0.15) is 26.7 Å². The van der Waals surface area contributed by atoms with Crippen molar-refractivity contribution in [3.63, 3.8) is 0 Å². The zero-order chi connectivity index (χ0) is 15.2. The summed E-state index contributed by atoms with van der Waals surface area (Å²) < 4.78 is 25.4. The second-order valence-electron chi connectivity index (χ2n) is 4.76. The monoisotopic (exact) mass is 300 g/mol. The van der Waals surface area contributed by atoms with Crippen molar-refractivity contribution in [1.82, 2.24) is 4.72 Å². The van der Waals surface area contributed by atoms with Crippen molar-refractivity contribution in [2.45, 2.75) is 37.7 Å². The maximum Gasteiger partial charge on any atom is 0.240 e. The molecule has 0 heterocycles. The third kappa shape index (κ3) is 4.47. The van der Waals surface area contributed by atoms with Gasteiger partial charge in [0.15, 0.2) is 0 Å². The molecule has 0 aliphatic rings. The molecule has 0 saturated heterocycles. The number of hydrogen-bond donors (Lipinski definition) is 3. The van der Waals surface area contributed by atoms with Gasteiger partial charge in [-0.05, 0) is 37.2 Å². The summed E-state index contributed by atoms with van der Waals surface area (Å²) in [6, 6.07) is 6.48. The molecular weight excluding hydrogens is 276 g/mol. The fraction of sp³-hybridized carbons (Fsp3) is 0.571. The predicted octanol–water partition coefficient (Wildman–Crippen LogP) is 1.80. The molecule has 6 heteroatoms. The van der Waals surface area contributed by atoms with Crippen molar-refractivity contribution < 1.29 is 13.5 Å². The molecule has 0 spiro atoms. The highest BCUT2D eigenvalue weighted by atomic mass is 32.2. The largest absolute Gasteiger partial charge is 0.391 e. The molecule has 0 bridgehead atoms. The summed E-state index contributed by atoms with van der Waals surface area (Å²) in [5, 5.41) is 13.1. The van der Waals surface area contributed by atoms with Crippen LogP contribution in [-0.4, -0.2) is 33.2 Å². The van der Waals surface area contributed by atoms with Gasteiger partial charge in [0.05, 0.1) is 11.0 Å². The van der Waals surface area contributed by atoms with Crippen molar-refractivity contribution in [2.24, 2.45) is 5.92 Å². The predicted molar refractivity (Wildman–Crippen MR) is 81.3 cm³/mol. The highest BCUT2D eigenvalue weighted by Gasteiger charge is 2.15. The summed E-state index contributed by atoms with van der Waals surface area (Å²) >= 11 is 0. The van der Waals surface area contributed by atoms with Gasteiger partial charge in [0.25, 0.3) is 0 Å². The summed E-state index contributed by atoms with van der Waals surface area (Å²) in [4.78, 5) is 0.228. The number of anilines is 1. The Morgan fingerprint density at radius 2 is 1.70 bits per heavy atom. The van der Waals surface area contributed by atoms with E-state index in [0.29, 0.717) is 6.54 Å². The van der Waals surface area contributed by atoms with Gasteiger partial charge in [-0.1, -0.05) is 26.7 Å². The van der Waals surface area contributed by atoms with Gasteiger partial charge in [0.1, 0.15) is 0 Å². The summed E-state index contributed by atoms with van der Waals surface area (Å²) in [5.74, 6) is 0.284. The molecular formula is C14H24N2O3S. The SMILES string of the molecule is CCC(CC)C(O)CNc1ccc(S(=O)(=O)NC)cc1. The average molecular weight is 300 g/mol. The third-order valence-electron chi connectivity index (χ3n) is 3.54. The first-order valence-electron chi connectivity index (χ1n) is 6.90. The molecule has 1 aromatic carbocycles. The molecule has 0 saturated carbocycles. The van der Waals surface area contributed by atoms with E-state index in [9.17, 15) is 13.5 Å². The Hall–Kier alpha value is -1.11. The average Bonchev–Trinajstić information content (AvgIpc) is 2.47. The Kier molecular flexibility index (Phi) is 6.45. The van der Waals surface area contributed by atoms with Crippen LogP contribution in [0.3, 0.4) is 0 Å². The summed E-state index contributed by atoms with van der Waals surface area (Å²) in [6.45, 7) is 4.59. The maximum atomic E-state index is 11.6. The van der Waals surface area contributed by atoms with Crippen molar-refractivity contribution in [3.05, 3.63) is 24.3 Å². The second-order valence-corrected chi connectivity index (χ2v) is 6.64.